The summed E-state index contributed by atoms with van der Waals surface area (Å²) in [5.41, 5.74) is 5.55. The SMILES string of the molecule is CC1(CCC2CCCCC(N)=N2)C=CC=CC1C(=O)O. The summed E-state index contributed by atoms with van der Waals surface area (Å²) >= 11 is 0. The maximum absolute atomic E-state index is 11.4. The van der Waals surface area contributed by atoms with Crippen LogP contribution in [0.15, 0.2) is 29.3 Å². The van der Waals surface area contributed by atoms with Crippen LogP contribution in [0.25, 0.3) is 0 Å². The van der Waals surface area contributed by atoms with E-state index in [2.05, 4.69) is 4.99 Å². The molecular formula is C16H24N2O2. The number of hydrogen-bond donors (Lipinski definition) is 2. The quantitative estimate of drug-likeness (QED) is 0.829. The lowest BCUT2D eigenvalue weighted by molar-refractivity contribution is -0.143. The zero-order valence-electron chi connectivity index (χ0n) is 12.1. The molecule has 2 rings (SSSR count). The maximum atomic E-state index is 11.4. The smallest absolute Gasteiger partial charge is 0.311 e. The van der Waals surface area contributed by atoms with Crippen LogP contribution in [0.2, 0.25) is 0 Å². The molecule has 3 unspecified atom stereocenters. The molecule has 4 nitrogen and oxygen atoms in total. The average Bonchev–Trinajstić information content (AvgIpc) is 2.61. The molecule has 0 saturated heterocycles. The summed E-state index contributed by atoms with van der Waals surface area (Å²) < 4.78 is 0. The Morgan fingerprint density at radius 3 is 3.05 bits per heavy atom. The third-order valence-corrected chi connectivity index (χ3v) is 4.45. The predicted octanol–water partition coefficient (Wildman–Crippen LogP) is 2.90. The number of carbonyl (C=O) groups is 1. The topological polar surface area (TPSA) is 75.7 Å². The Kier molecular flexibility index (Phi) is 4.63. The monoisotopic (exact) mass is 276 g/mol. The van der Waals surface area contributed by atoms with Crippen LogP contribution >= 0.6 is 0 Å². The van der Waals surface area contributed by atoms with Gasteiger partial charge in [-0.25, -0.2) is 0 Å². The van der Waals surface area contributed by atoms with Crippen molar-refractivity contribution in [1.82, 2.24) is 0 Å². The lowest BCUT2D eigenvalue weighted by atomic mass is 9.71. The average molecular weight is 276 g/mol. The van der Waals surface area contributed by atoms with Crippen molar-refractivity contribution in [3.63, 3.8) is 0 Å². The molecule has 0 amide bonds. The van der Waals surface area contributed by atoms with Crippen molar-refractivity contribution in [1.29, 1.82) is 0 Å². The third-order valence-electron chi connectivity index (χ3n) is 4.45. The van der Waals surface area contributed by atoms with Crippen molar-refractivity contribution in [3.8, 4) is 0 Å². The lowest BCUT2D eigenvalue weighted by Crippen LogP contribution is -2.32. The van der Waals surface area contributed by atoms with Crippen molar-refractivity contribution in [2.24, 2.45) is 22.1 Å². The number of carboxylic acids is 1. The Bertz CT molecular complexity index is 453. The molecule has 1 heterocycles. The molecule has 0 radical (unpaired) electrons. The number of allylic oxidation sites excluding steroid dienone is 3. The first-order chi connectivity index (χ1) is 9.51. The fourth-order valence-corrected chi connectivity index (χ4v) is 3.11. The van der Waals surface area contributed by atoms with Crippen LogP contribution in [-0.2, 0) is 4.79 Å². The molecule has 0 fully saturated rings. The van der Waals surface area contributed by atoms with Gasteiger partial charge in [0, 0.05) is 11.8 Å². The molecule has 0 aromatic carbocycles. The predicted molar refractivity (Wildman–Crippen MR) is 80.6 cm³/mol. The molecule has 3 atom stereocenters. The molecule has 2 aliphatic rings. The Morgan fingerprint density at radius 1 is 1.50 bits per heavy atom. The molecule has 1 aliphatic carbocycles. The van der Waals surface area contributed by atoms with Gasteiger partial charge in [-0.2, -0.15) is 0 Å². The van der Waals surface area contributed by atoms with Gasteiger partial charge >= 0.3 is 5.97 Å². The minimum absolute atomic E-state index is 0.253. The Morgan fingerprint density at radius 2 is 2.30 bits per heavy atom. The molecule has 3 N–H and O–H groups in total. The van der Waals surface area contributed by atoms with E-state index in [1.807, 2.05) is 25.2 Å². The highest BCUT2D eigenvalue weighted by Crippen LogP contribution is 2.39. The van der Waals surface area contributed by atoms with Gasteiger partial charge in [0.1, 0.15) is 0 Å². The van der Waals surface area contributed by atoms with E-state index in [1.54, 1.807) is 6.08 Å². The van der Waals surface area contributed by atoms with Gasteiger partial charge in [0.15, 0.2) is 0 Å². The van der Waals surface area contributed by atoms with Crippen LogP contribution in [0, 0.1) is 11.3 Å². The molecule has 0 saturated carbocycles. The highest BCUT2D eigenvalue weighted by Gasteiger charge is 2.36. The van der Waals surface area contributed by atoms with Crippen LogP contribution in [0.5, 0.6) is 0 Å². The summed E-state index contributed by atoms with van der Waals surface area (Å²) in [7, 11) is 0. The van der Waals surface area contributed by atoms with Crippen LogP contribution in [0.3, 0.4) is 0 Å². The van der Waals surface area contributed by atoms with Gasteiger partial charge in [-0.3, -0.25) is 9.79 Å². The molecule has 0 bridgehead atoms. The molecule has 110 valence electrons. The van der Waals surface area contributed by atoms with Gasteiger partial charge in [0.2, 0.25) is 0 Å². The number of nitrogens with zero attached hydrogens (tertiary/aromatic N) is 1. The number of rotatable bonds is 4. The molecule has 1 aliphatic heterocycles. The van der Waals surface area contributed by atoms with Gasteiger partial charge in [-0.15, -0.1) is 0 Å². The van der Waals surface area contributed by atoms with Crippen molar-refractivity contribution >= 4 is 11.8 Å². The number of aliphatic carboxylic acids is 1. The van der Waals surface area contributed by atoms with Crippen LogP contribution < -0.4 is 5.73 Å². The summed E-state index contributed by atoms with van der Waals surface area (Å²) in [5.74, 6) is -0.442. The van der Waals surface area contributed by atoms with E-state index in [4.69, 9.17) is 5.73 Å². The third kappa shape index (κ3) is 3.50. The first kappa shape index (κ1) is 14.8. The van der Waals surface area contributed by atoms with Gasteiger partial charge in [0.05, 0.1) is 17.8 Å². The zero-order valence-corrected chi connectivity index (χ0v) is 12.1. The van der Waals surface area contributed by atoms with Crippen LogP contribution in [-0.4, -0.2) is 23.0 Å². The highest BCUT2D eigenvalue weighted by molar-refractivity contribution is 5.80. The van der Waals surface area contributed by atoms with Crippen molar-refractivity contribution in [3.05, 3.63) is 24.3 Å². The van der Waals surface area contributed by atoms with E-state index in [1.165, 1.54) is 0 Å². The molecule has 0 spiro atoms. The van der Waals surface area contributed by atoms with Gasteiger partial charge in [-0.05, 0) is 25.7 Å². The lowest BCUT2D eigenvalue weighted by Gasteiger charge is -2.33. The number of amidine groups is 1. The van der Waals surface area contributed by atoms with E-state index in [9.17, 15) is 9.90 Å². The normalized spacial score (nSPS) is 33.5. The molecule has 4 heteroatoms. The summed E-state index contributed by atoms with van der Waals surface area (Å²) in [5, 5.41) is 9.37. The first-order valence-electron chi connectivity index (χ1n) is 7.42. The number of nitrogens with two attached hydrogens (primary N) is 1. The van der Waals surface area contributed by atoms with Crippen molar-refractivity contribution in [2.75, 3.05) is 0 Å². The fraction of sp³-hybridized carbons (Fsp3) is 0.625. The minimum Gasteiger partial charge on any atom is -0.481 e. The minimum atomic E-state index is -0.753. The number of aliphatic imine (C=N–C) groups is 1. The second-order valence-electron chi connectivity index (χ2n) is 6.12. The Balaban J connectivity index is 2.01. The summed E-state index contributed by atoms with van der Waals surface area (Å²) in [6, 6.07) is 0.253. The standard InChI is InChI=1S/C16H24N2O2/c1-16(10-5-4-7-13(16)15(19)20)11-9-12-6-2-3-8-14(17)18-12/h4-5,7,10,12-13H,2-3,6,8-9,11H2,1H3,(H2,17,18)(H,19,20). The number of hydrogen-bond acceptors (Lipinski definition) is 3. The second-order valence-corrected chi connectivity index (χ2v) is 6.12. The summed E-state index contributed by atoms with van der Waals surface area (Å²) in [4.78, 5) is 16.0. The van der Waals surface area contributed by atoms with E-state index < -0.39 is 11.9 Å². The van der Waals surface area contributed by atoms with E-state index in [0.717, 1.165) is 44.4 Å². The van der Waals surface area contributed by atoms with E-state index in [0.29, 0.717) is 0 Å². The van der Waals surface area contributed by atoms with Gasteiger partial charge in [-0.1, -0.05) is 37.6 Å². The Labute approximate surface area is 120 Å². The summed E-state index contributed by atoms with van der Waals surface area (Å²) in [6.07, 6.45) is 13.5. The number of carboxylic acid groups (broad SMARTS) is 1. The van der Waals surface area contributed by atoms with Crippen LogP contribution in [0.1, 0.15) is 45.4 Å². The highest BCUT2D eigenvalue weighted by atomic mass is 16.4. The van der Waals surface area contributed by atoms with Gasteiger partial charge < -0.3 is 10.8 Å². The molecule has 0 aromatic rings. The first-order valence-corrected chi connectivity index (χ1v) is 7.42. The fourth-order valence-electron chi connectivity index (χ4n) is 3.11. The molecule has 0 aromatic heterocycles. The molecular weight excluding hydrogens is 252 g/mol. The summed E-state index contributed by atoms with van der Waals surface area (Å²) in [6.45, 7) is 2.02. The van der Waals surface area contributed by atoms with Gasteiger partial charge in [0.25, 0.3) is 0 Å². The van der Waals surface area contributed by atoms with Crippen LogP contribution in [0.4, 0.5) is 0 Å². The maximum Gasteiger partial charge on any atom is 0.311 e. The zero-order chi connectivity index (χ0) is 14.6. The van der Waals surface area contributed by atoms with Crippen molar-refractivity contribution in [2.45, 2.75) is 51.5 Å². The Hall–Kier alpha value is -1.58. The largest absolute Gasteiger partial charge is 0.481 e. The van der Waals surface area contributed by atoms with E-state index >= 15 is 0 Å². The second kappa shape index (κ2) is 6.25. The molecule has 20 heavy (non-hydrogen) atoms. The van der Waals surface area contributed by atoms with Crippen molar-refractivity contribution < 1.29 is 9.90 Å². The van der Waals surface area contributed by atoms with E-state index in [-0.39, 0.29) is 11.5 Å².